The zero-order chi connectivity index (χ0) is 13.0. The van der Waals surface area contributed by atoms with E-state index >= 15 is 0 Å². The lowest BCUT2D eigenvalue weighted by molar-refractivity contribution is -0.121. The second-order valence-electron chi connectivity index (χ2n) is 4.36. The molecule has 1 aliphatic carbocycles. The van der Waals surface area contributed by atoms with Gasteiger partial charge in [-0.3, -0.25) is 9.59 Å². The normalized spacial score (nSPS) is 14.1. The molecule has 1 aliphatic rings. The van der Waals surface area contributed by atoms with Crippen LogP contribution in [0.4, 0.5) is 0 Å². The lowest BCUT2D eigenvalue weighted by Crippen LogP contribution is -2.31. The van der Waals surface area contributed by atoms with Gasteiger partial charge in [0, 0.05) is 29.0 Å². The van der Waals surface area contributed by atoms with Crippen LogP contribution in [0.3, 0.4) is 0 Å². The molecule has 1 saturated carbocycles. The topological polar surface area (TPSA) is 58.2 Å². The number of halogens is 1. The van der Waals surface area contributed by atoms with Gasteiger partial charge < -0.3 is 10.6 Å². The third-order valence-corrected chi connectivity index (χ3v) is 3.16. The fourth-order valence-corrected chi connectivity index (χ4v) is 1.95. The number of benzene rings is 1. The molecule has 2 amide bonds. The highest BCUT2D eigenvalue weighted by molar-refractivity contribution is 9.10. The van der Waals surface area contributed by atoms with Gasteiger partial charge in [-0.25, -0.2) is 0 Å². The number of amides is 2. The van der Waals surface area contributed by atoms with E-state index < -0.39 is 0 Å². The molecule has 4 nitrogen and oxygen atoms in total. The second-order valence-corrected chi connectivity index (χ2v) is 5.27. The van der Waals surface area contributed by atoms with E-state index in [2.05, 4.69) is 26.6 Å². The zero-order valence-corrected chi connectivity index (χ0v) is 11.5. The number of carbonyl (C=O) groups excluding carboxylic acids is 2. The van der Waals surface area contributed by atoms with E-state index in [1.165, 1.54) is 0 Å². The Labute approximate surface area is 114 Å². The van der Waals surface area contributed by atoms with Gasteiger partial charge in [0.2, 0.25) is 5.91 Å². The Kier molecular flexibility index (Phi) is 4.36. The van der Waals surface area contributed by atoms with Crippen molar-refractivity contribution in [3.05, 3.63) is 34.3 Å². The van der Waals surface area contributed by atoms with E-state index in [0.717, 1.165) is 17.3 Å². The molecular formula is C13H15BrN2O2. The molecule has 96 valence electrons. The zero-order valence-electron chi connectivity index (χ0n) is 9.91. The van der Waals surface area contributed by atoms with Crippen molar-refractivity contribution in [3.63, 3.8) is 0 Å². The van der Waals surface area contributed by atoms with Gasteiger partial charge in [0.15, 0.2) is 0 Å². The summed E-state index contributed by atoms with van der Waals surface area (Å²) in [4.78, 5) is 23.1. The molecule has 0 saturated heterocycles. The van der Waals surface area contributed by atoms with Crippen LogP contribution in [-0.2, 0) is 4.79 Å². The van der Waals surface area contributed by atoms with Crippen LogP contribution in [0.2, 0.25) is 0 Å². The third-order valence-electron chi connectivity index (χ3n) is 2.67. The third kappa shape index (κ3) is 4.14. The van der Waals surface area contributed by atoms with Crippen molar-refractivity contribution >= 4 is 27.7 Å². The van der Waals surface area contributed by atoms with Crippen molar-refractivity contribution in [1.29, 1.82) is 0 Å². The predicted octanol–water partition coefficient (Wildman–Crippen LogP) is 1.85. The minimum Gasteiger partial charge on any atom is -0.353 e. The van der Waals surface area contributed by atoms with Gasteiger partial charge in [-0.1, -0.05) is 22.0 Å². The summed E-state index contributed by atoms with van der Waals surface area (Å²) in [6, 6.07) is 7.53. The highest BCUT2D eigenvalue weighted by Crippen LogP contribution is 2.18. The number of rotatable bonds is 5. The van der Waals surface area contributed by atoms with E-state index in [-0.39, 0.29) is 11.8 Å². The smallest absolute Gasteiger partial charge is 0.251 e. The first kappa shape index (κ1) is 13.1. The summed E-state index contributed by atoms with van der Waals surface area (Å²) in [5.41, 5.74) is 0.590. The molecular weight excluding hydrogens is 296 g/mol. The van der Waals surface area contributed by atoms with Crippen molar-refractivity contribution in [2.75, 3.05) is 6.54 Å². The Morgan fingerprint density at radius 2 is 2.11 bits per heavy atom. The van der Waals surface area contributed by atoms with Gasteiger partial charge in [-0.2, -0.15) is 0 Å². The first-order valence-corrected chi connectivity index (χ1v) is 6.77. The van der Waals surface area contributed by atoms with Crippen molar-refractivity contribution in [2.45, 2.75) is 25.3 Å². The minimum absolute atomic E-state index is 0.00652. The standard InChI is InChI=1S/C13H15BrN2O2/c14-10-3-1-2-9(8-10)13(18)15-7-6-12(17)16-11-4-5-11/h1-3,8,11H,4-7H2,(H,15,18)(H,16,17). The lowest BCUT2D eigenvalue weighted by Gasteiger charge is -2.06. The molecule has 5 heteroatoms. The molecule has 0 heterocycles. The monoisotopic (exact) mass is 310 g/mol. The van der Waals surface area contributed by atoms with Crippen LogP contribution in [-0.4, -0.2) is 24.4 Å². The highest BCUT2D eigenvalue weighted by Gasteiger charge is 2.22. The fourth-order valence-electron chi connectivity index (χ4n) is 1.55. The minimum atomic E-state index is -0.157. The van der Waals surface area contributed by atoms with Crippen molar-refractivity contribution in [3.8, 4) is 0 Å². The van der Waals surface area contributed by atoms with Crippen molar-refractivity contribution in [2.24, 2.45) is 0 Å². The Morgan fingerprint density at radius 3 is 2.78 bits per heavy atom. The molecule has 2 rings (SSSR count). The van der Waals surface area contributed by atoms with Crippen LogP contribution in [0.15, 0.2) is 28.7 Å². The summed E-state index contributed by atoms with van der Waals surface area (Å²) in [5.74, 6) is -0.150. The van der Waals surface area contributed by atoms with E-state index in [9.17, 15) is 9.59 Å². The Bertz CT molecular complexity index is 458. The maximum atomic E-state index is 11.7. The SMILES string of the molecule is O=C(CCNC(=O)c1cccc(Br)c1)NC1CC1. The van der Waals surface area contributed by atoms with Gasteiger partial charge >= 0.3 is 0 Å². The fraction of sp³-hybridized carbons (Fsp3) is 0.385. The number of carbonyl (C=O) groups is 2. The molecule has 1 aromatic rings. The van der Waals surface area contributed by atoms with Crippen LogP contribution >= 0.6 is 15.9 Å². The van der Waals surface area contributed by atoms with Crippen LogP contribution in [0.25, 0.3) is 0 Å². The number of hydrogen-bond donors (Lipinski definition) is 2. The summed E-state index contributed by atoms with van der Waals surface area (Å²) in [6.07, 6.45) is 2.49. The lowest BCUT2D eigenvalue weighted by atomic mass is 10.2. The van der Waals surface area contributed by atoms with E-state index in [4.69, 9.17) is 0 Å². The highest BCUT2D eigenvalue weighted by atomic mass is 79.9. The van der Waals surface area contributed by atoms with Crippen LogP contribution in [0.5, 0.6) is 0 Å². The van der Waals surface area contributed by atoms with Gasteiger partial charge in [0.05, 0.1) is 0 Å². The van der Waals surface area contributed by atoms with E-state index in [1.54, 1.807) is 18.2 Å². The molecule has 2 N–H and O–H groups in total. The van der Waals surface area contributed by atoms with Crippen molar-refractivity contribution < 1.29 is 9.59 Å². The van der Waals surface area contributed by atoms with Crippen LogP contribution < -0.4 is 10.6 Å². The Hall–Kier alpha value is -1.36. The number of hydrogen-bond acceptors (Lipinski definition) is 2. The Balaban J connectivity index is 1.72. The average Bonchev–Trinajstić information content (AvgIpc) is 3.12. The van der Waals surface area contributed by atoms with Gasteiger partial charge in [-0.05, 0) is 31.0 Å². The molecule has 0 aliphatic heterocycles. The van der Waals surface area contributed by atoms with Gasteiger partial charge in [0.25, 0.3) is 5.91 Å². The van der Waals surface area contributed by atoms with E-state index in [1.807, 2.05) is 6.07 Å². The number of nitrogens with one attached hydrogen (secondary N) is 2. The molecule has 1 fully saturated rings. The second kappa shape index (κ2) is 6.00. The summed E-state index contributed by atoms with van der Waals surface area (Å²) in [6.45, 7) is 0.365. The van der Waals surface area contributed by atoms with Crippen LogP contribution in [0.1, 0.15) is 29.6 Å². The van der Waals surface area contributed by atoms with E-state index in [0.29, 0.717) is 24.6 Å². The maximum Gasteiger partial charge on any atom is 0.251 e. The molecule has 0 atom stereocenters. The molecule has 0 aromatic heterocycles. The molecule has 0 bridgehead atoms. The Morgan fingerprint density at radius 1 is 1.33 bits per heavy atom. The quantitative estimate of drug-likeness (QED) is 0.872. The van der Waals surface area contributed by atoms with Crippen molar-refractivity contribution in [1.82, 2.24) is 10.6 Å². The van der Waals surface area contributed by atoms with Crippen LogP contribution in [0, 0.1) is 0 Å². The maximum absolute atomic E-state index is 11.7. The summed E-state index contributed by atoms with van der Waals surface area (Å²) in [5, 5.41) is 5.61. The molecule has 0 unspecified atom stereocenters. The van der Waals surface area contributed by atoms with Gasteiger partial charge in [0.1, 0.15) is 0 Å². The predicted molar refractivity (Wildman–Crippen MR) is 72.3 cm³/mol. The van der Waals surface area contributed by atoms with Gasteiger partial charge in [-0.15, -0.1) is 0 Å². The summed E-state index contributed by atoms with van der Waals surface area (Å²) < 4.78 is 0.863. The first-order chi connectivity index (χ1) is 8.65. The largest absolute Gasteiger partial charge is 0.353 e. The molecule has 18 heavy (non-hydrogen) atoms. The molecule has 1 aromatic carbocycles. The first-order valence-electron chi connectivity index (χ1n) is 5.98. The molecule has 0 radical (unpaired) electrons. The average molecular weight is 311 g/mol. The summed E-state index contributed by atoms with van der Waals surface area (Å²) in [7, 11) is 0. The molecule has 0 spiro atoms. The summed E-state index contributed by atoms with van der Waals surface area (Å²) >= 11 is 3.31.